The number of carbonyl (C=O) groups is 1. The van der Waals surface area contributed by atoms with Gasteiger partial charge in [-0.05, 0) is 48.5 Å². The fraction of sp³-hybridized carbons (Fsp3) is 0.0455. The molecule has 1 N–H and O–H groups in total. The van der Waals surface area contributed by atoms with Crippen molar-refractivity contribution in [3.8, 4) is 5.69 Å². The number of anilines is 1. The number of hydrogen-bond acceptors (Lipinski definition) is 4. The minimum atomic E-state index is -0.306. The molecular weight excluding hydrogens is 477 g/mol. The number of para-hydroxylation sites is 1. The monoisotopic (exact) mass is 489 g/mol. The first kappa shape index (κ1) is 21.7. The highest BCUT2D eigenvalue weighted by Crippen LogP contribution is 2.30. The summed E-state index contributed by atoms with van der Waals surface area (Å²) in [6.07, 6.45) is 0. The fourth-order valence-corrected chi connectivity index (χ4v) is 4.23. The molecule has 31 heavy (non-hydrogen) atoms. The first-order chi connectivity index (χ1) is 14.9. The maximum atomic E-state index is 13.2. The van der Waals surface area contributed by atoms with Crippen molar-refractivity contribution in [3.05, 3.63) is 92.2 Å². The number of nitrogens with zero attached hydrogens (tertiary/aromatic N) is 2. The highest BCUT2D eigenvalue weighted by atomic mass is 35.5. The summed E-state index contributed by atoms with van der Waals surface area (Å²) in [5, 5.41) is 4.77. The predicted octanol–water partition coefficient (Wildman–Crippen LogP) is 6.08. The molecular formula is C22H14Cl3N3O2S. The molecule has 0 atom stereocenters. The van der Waals surface area contributed by atoms with Gasteiger partial charge in [-0.3, -0.25) is 14.2 Å². The summed E-state index contributed by atoms with van der Waals surface area (Å²) in [5.74, 6) is -0.291. The number of thioether (sulfide) groups is 1. The second-order valence-corrected chi connectivity index (χ2v) is 8.63. The van der Waals surface area contributed by atoms with Crippen molar-refractivity contribution in [1.82, 2.24) is 9.55 Å². The number of carbonyl (C=O) groups excluding carboxylic acids is 1. The molecule has 9 heteroatoms. The number of halogens is 3. The maximum absolute atomic E-state index is 13.2. The van der Waals surface area contributed by atoms with Crippen molar-refractivity contribution in [2.75, 3.05) is 11.1 Å². The van der Waals surface area contributed by atoms with Crippen LogP contribution >= 0.6 is 46.6 Å². The van der Waals surface area contributed by atoms with E-state index >= 15 is 0 Å². The Bertz CT molecular complexity index is 1340. The summed E-state index contributed by atoms with van der Waals surface area (Å²) >= 11 is 19.3. The third-order valence-electron chi connectivity index (χ3n) is 4.39. The molecule has 4 rings (SSSR count). The smallest absolute Gasteiger partial charge is 0.266 e. The number of rotatable bonds is 5. The van der Waals surface area contributed by atoms with Crippen molar-refractivity contribution in [2.24, 2.45) is 0 Å². The van der Waals surface area contributed by atoms with Crippen LogP contribution in [0.2, 0.25) is 15.1 Å². The van der Waals surface area contributed by atoms with Crippen molar-refractivity contribution < 1.29 is 4.79 Å². The van der Waals surface area contributed by atoms with Gasteiger partial charge in [-0.15, -0.1) is 0 Å². The van der Waals surface area contributed by atoms with Gasteiger partial charge >= 0.3 is 0 Å². The third-order valence-corrected chi connectivity index (χ3v) is 6.40. The van der Waals surface area contributed by atoms with Crippen LogP contribution in [0.5, 0.6) is 0 Å². The average Bonchev–Trinajstić information content (AvgIpc) is 2.76. The van der Waals surface area contributed by atoms with Crippen molar-refractivity contribution in [1.29, 1.82) is 0 Å². The fourth-order valence-electron chi connectivity index (χ4n) is 2.94. The normalized spacial score (nSPS) is 10.9. The second-order valence-electron chi connectivity index (χ2n) is 6.47. The lowest BCUT2D eigenvalue weighted by atomic mass is 10.2. The zero-order chi connectivity index (χ0) is 22.0. The van der Waals surface area contributed by atoms with E-state index in [4.69, 9.17) is 34.8 Å². The molecule has 0 unspecified atom stereocenters. The molecule has 0 aliphatic heterocycles. The van der Waals surface area contributed by atoms with Crippen LogP contribution < -0.4 is 10.9 Å². The molecule has 0 saturated carbocycles. The zero-order valence-corrected chi connectivity index (χ0v) is 18.9. The summed E-state index contributed by atoms with van der Waals surface area (Å²) in [6, 6.07) is 18.9. The molecule has 5 nitrogen and oxygen atoms in total. The average molecular weight is 491 g/mol. The number of benzene rings is 3. The Morgan fingerprint density at radius 2 is 1.71 bits per heavy atom. The van der Waals surface area contributed by atoms with E-state index in [1.54, 1.807) is 60.7 Å². The summed E-state index contributed by atoms with van der Waals surface area (Å²) in [4.78, 5) is 30.3. The molecule has 0 bridgehead atoms. The molecule has 0 fully saturated rings. The van der Waals surface area contributed by atoms with Gasteiger partial charge in [0.2, 0.25) is 5.91 Å². The Hall–Kier alpha value is -2.51. The number of aromatic nitrogens is 2. The van der Waals surface area contributed by atoms with Crippen molar-refractivity contribution in [3.63, 3.8) is 0 Å². The van der Waals surface area contributed by atoms with E-state index in [2.05, 4.69) is 10.3 Å². The van der Waals surface area contributed by atoms with Gasteiger partial charge in [-0.1, -0.05) is 64.8 Å². The Balaban J connectivity index is 1.67. The van der Waals surface area contributed by atoms with Crippen molar-refractivity contribution >= 4 is 69.1 Å². The van der Waals surface area contributed by atoms with Gasteiger partial charge in [0.25, 0.3) is 5.56 Å². The van der Waals surface area contributed by atoms with Gasteiger partial charge in [-0.2, -0.15) is 0 Å². The molecule has 0 aliphatic rings. The standard InChI is InChI=1S/C22H14Cl3N3O2S/c23-13-8-10-14(11-9-13)28-21(30)15-4-1-2-6-17(15)27-22(28)31-12-19(29)26-18-7-3-5-16(24)20(18)25/h1-11H,12H2,(H,26,29). The zero-order valence-electron chi connectivity index (χ0n) is 15.8. The van der Waals surface area contributed by atoms with Gasteiger partial charge in [0.1, 0.15) is 0 Å². The summed E-state index contributed by atoms with van der Waals surface area (Å²) in [7, 11) is 0. The van der Waals surface area contributed by atoms with Crippen LogP contribution in [0.4, 0.5) is 5.69 Å². The van der Waals surface area contributed by atoms with E-state index in [9.17, 15) is 9.59 Å². The molecule has 4 aromatic rings. The van der Waals surface area contributed by atoms with Crippen LogP contribution in [0.3, 0.4) is 0 Å². The van der Waals surface area contributed by atoms with Crippen LogP contribution in [0.1, 0.15) is 0 Å². The first-order valence-corrected chi connectivity index (χ1v) is 11.2. The summed E-state index contributed by atoms with van der Waals surface area (Å²) in [5.41, 5.74) is 1.35. The minimum absolute atomic E-state index is 0.0151. The Labute approximate surface area is 197 Å². The van der Waals surface area contributed by atoms with E-state index in [0.29, 0.717) is 37.5 Å². The molecule has 1 aromatic heterocycles. The molecule has 1 heterocycles. The van der Waals surface area contributed by atoms with E-state index in [-0.39, 0.29) is 22.2 Å². The topological polar surface area (TPSA) is 64.0 Å². The van der Waals surface area contributed by atoms with Gasteiger partial charge in [0.05, 0.1) is 38.1 Å². The second kappa shape index (κ2) is 9.32. The predicted molar refractivity (Wildman–Crippen MR) is 128 cm³/mol. The summed E-state index contributed by atoms with van der Waals surface area (Å²) < 4.78 is 1.48. The highest BCUT2D eigenvalue weighted by Gasteiger charge is 2.15. The van der Waals surface area contributed by atoms with E-state index in [1.807, 2.05) is 6.07 Å². The largest absolute Gasteiger partial charge is 0.324 e. The van der Waals surface area contributed by atoms with Gasteiger partial charge in [0.15, 0.2) is 5.16 Å². The quantitative estimate of drug-likeness (QED) is 0.272. The van der Waals surface area contributed by atoms with Crippen LogP contribution in [0.25, 0.3) is 16.6 Å². The van der Waals surface area contributed by atoms with Crippen LogP contribution in [0, 0.1) is 0 Å². The van der Waals surface area contributed by atoms with Gasteiger partial charge < -0.3 is 5.32 Å². The molecule has 0 radical (unpaired) electrons. The van der Waals surface area contributed by atoms with Crippen LogP contribution in [-0.2, 0) is 4.79 Å². The molecule has 1 amide bonds. The van der Waals surface area contributed by atoms with E-state index in [1.165, 1.54) is 4.57 Å². The molecule has 0 spiro atoms. The van der Waals surface area contributed by atoms with Crippen LogP contribution in [-0.4, -0.2) is 21.2 Å². The lowest BCUT2D eigenvalue weighted by Crippen LogP contribution is -2.23. The van der Waals surface area contributed by atoms with E-state index < -0.39 is 0 Å². The Morgan fingerprint density at radius 3 is 2.48 bits per heavy atom. The Kier molecular flexibility index (Phi) is 6.53. The lowest BCUT2D eigenvalue weighted by molar-refractivity contribution is -0.113. The molecule has 0 aliphatic carbocycles. The van der Waals surface area contributed by atoms with Gasteiger partial charge in [0, 0.05) is 5.02 Å². The SMILES string of the molecule is O=C(CSc1nc2ccccc2c(=O)n1-c1ccc(Cl)cc1)Nc1cccc(Cl)c1Cl. The lowest BCUT2D eigenvalue weighted by Gasteiger charge is -2.13. The van der Waals surface area contributed by atoms with Crippen LogP contribution in [0.15, 0.2) is 76.7 Å². The number of hydrogen-bond donors (Lipinski definition) is 1. The first-order valence-electron chi connectivity index (χ1n) is 9.08. The van der Waals surface area contributed by atoms with E-state index in [0.717, 1.165) is 11.8 Å². The number of fused-ring (bicyclic) bond motifs is 1. The molecule has 156 valence electrons. The third kappa shape index (κ3) is 4.72. The van der Waals surface area contributed by atoms with Gasteiger partial charge in [-0.25, -0.2) is 4.98 Å². The molecule has 3 aromatic carbocycles. The van der Waals surface area contributed by atoms with Crippen molar-refractivity contribution in [2.45, 2.75) is 5.16 Å². The summed E-state index contributed by atoms with van der Waals surface area (Å²) in [6.45, 7) is 0. The number of amides is 1. The Morgan fingerprint density at radius 1 is 0.968 bits per heavy atom. The highest BCUT2D eigenvalue weighted by molar-refractivity contribution is 7.99. The molecule has 0 saturated heterocycles. The number of nitrogens with one attached hydrogen (secondary N) is 1. The minimum Gasteiger partial charge on any atom is -0.324 e. The maximum Gasteiger partial charge on any atom is 0.266 e.